The fourth-order valence-corrected chi connectivity index (χ4v) is 3.72. The molecule has 1 aliphatic rings. The van der Waals surface area contributed by atoms with Crippen molar-refractivity contribution in [1.82, 2.24) is 9.78 Å². The SMILES string of the molecule is Cc1nn(COc2ccc(Cl)cc2Cl)c(C)c1NC(=O)C1CC(c2ccc(F)cc2)=NO1. The summed E-state index contributed by atoms with van der Waals surface area (Å²) in [7, 11) is 0. The van der Waals surface area contributed by atoms with E-state index in [1.54, 1.807) is 41.9 Å². The molecule has 1 aliphatic heterocycles. The lowest BCUT2D eigenvalue weighted by Crippen LogP contribution is -2.28. The monoisotopic (exact) mass is 476 g/mol. The number of nitrogens with zero attached hydrogens (tertiary/aromatic N) is 3. The quantitative estimate of drug-likeness (QED) is 0.535. The van der Waals surface area contributed by atoms with Crippen LogP contribution in [-0.4, -0.2) is 27.5 Å². The van der Waals surface area contributed by atoms with Crippen LogP contribution in [0.5, 0.6) is 5.75 Å². The minimum Gasteiger partial charge on any atom is -0.470 e. The molecule has 1 N–H and O–H groups in total. The Morgan fingerprint density at radius 2 is 2.00 bits per heavy atom. The zero-order valence-corrected chi connectivity index (χ0v) is 18.7. The van der Waals surface area contributed by atoms with Crippen LogP contribution < -0.4 is 10.1 Å². The highest BCUT2D eigenvalue weighted by atomic mass is 35.5. The van der Waals surface area contributed by atoms with E-state index in [-0.39, 0.29) is 24.9 Å². The van der Waals surface area contributed by atoms with Crippen molar-refractivity contribution in [3.8, 4) is 5.75 Å². The molecule has 1 aromatic heterocycles. The van der Waals surface area contributed by atoms with Crippen molar-refractivity contribution in [2.45, 2.75) is 33.1 Å². The van der Waals surface area contributed by atoms with Crippen LogP contribution in [0, 0.1) is 19.7 Å². The third-order valence-corrected chi connectivity index (χ3v) is 5.54. The number of halogens is 3. The van der Waals surface area contributed by atoms with Crippen molar-refractivity contribution >= 4 is 40.5 Å². The number of benzene rings is 2. The van der Waals surface area contributed by atoms with Gasteiger partial charge >= 0.3 is 0 Å². The Morgan fingerprint density at radius 3 is 2.72 bits per heavy atom. The molecule has 3 aromatic rings. The van der Waals surface area contributed by atoms with Crippen molar-refractivity contribution in [1.29, 1.82) is 0 Å². The number of hydrogen-bond donors (Lipinski definition) is 1. The van der Waals surface area contributed by atoms with E-state index in [1.807, 2.05) is 6.92 Å². The molecule has 7 nitrogen and oxygen atoms in total. The van der Waals surface area contributed by atoms with E-state index < -0.39 is 6.10 Å². The largest absolute Gasteiger partial charge is 0.470 e. The van der Waals surface area contributed by atoms with Crippen molar-refractivity contribution < 1.29 is 18.8 Å². The molecular weight excluding hydrogens is 458 g/mol. The summed E-state index contributed by atoms with van der Waals surface area (Å²) in [6, 6.07) is 10.8. The number of rotatable bonds is 6. The van der Waals surface area contributed by atoms with Crippen LogP contribution >= 0.6 is 23.2 Å². The fraction of sp³-hybridized carbons (Fsp3) is 0.227. The molecule has 0 aliphatic carbocycles. The van der Waals surface area contributed by atoms with Gasteiger partial charge in [0.15, 0.2) is 6.73 Å². The summed E-state index contributed by atoms with van der Waals surface area (Å²) in [6.45, 7) is 3.70. The molecule has 10 heteroatoms. The van der Waals surface area contributed by atoms with E-state index in [2.05, 4.69) is 15.6 Å². The van der Waals surface area contributed by atoms with E-state index in [4.69, 9.17) is 32.8 Å². The first-order valence-electron chi connectivity index (χ1n) is 9.73. The number of carbonyl (C=O) groups is 1. The fourth-order valence-electron chi connectivity index (χ4n) is 3.26. The molecule has 1 amide bonds. The second kappa shape index (κ2) is 9.18. The van der Waals surface area contributed by atoms with Gasteiger partial charge in [-0.05, 0) is 49.7 Å². The maximum atomic E-state index is 13.1. The van der Waals surface area contributed by atoms with Crippen molar-refractivity contribution in [2.75, 3.05) is 5.32 Å². The third kappa shape index (κ3) is 4.71. The molecule has 2 heterocycles. The van der Waals surface area contributed by atoms with Gasteiger partial charge in [0, 0.05) is 11.4 Å². The number of ether oxygens (including phenoxy) is 1. The van der Waals surface area contributed by atoms with Gasteiger partial charge in [-0.15, -0.1) is 0 Å². The molecule has 32 heavy (non-hydrogen) atoms. The Labute approximate surface area is 193 Å². The van der Waals surface area contributed by atoms with Crippen LogP contribution in [-0.2, 0) is 16.4 Å². The average molecular weight is 477 g/mol. The first-order valence-corrected chi connectivity index (χ1v) is 10.5. The summed E-state index contributed by atoms with van der Waals surface area (Å²) in [5.74, 6) is -0.217. The molecule has 166 valence electrons. The number of aryl methyl sites for hydroxylation is 1. The molecule has 0 radical (unpaired) electrons. The van der Waals surface area contributed by atoms with Gasteiger partial charge in [0.05, 0.1) is 27.8 Å². The van der Waals surface area contributed by atoms with E-state index in [0.717, 1.165) is 0 Å². The van der Waals surface area contributed by atoms with Gasteiger partial charge in [0.25, 0.3) is 5.91 Å². The highest BCUT2D eigenvalue weighted by Crippen LogP contribution is 2.28. The minimum absolute atomic E-state index is 0.0989. The number of amides is 1. The number of carbonyl (C=O) groups excluding carboxylic acids is 1. The Morgan fingerprint density at radius 1 is 1.25 bits per heavy atom. The standard InChI is InChI=1S/C22H19Cl2FN4O3/c1-12-21(13(2)29(27-12)11-31-19-8-5-15(23)9-17(19)24)26-22(30)20-10-18(28-32-20)14-3-6-16(25)7-4-14/h3-9,20H,10-11H2,1-2H3,(H,26,30). The Bertz CT molecular complexity index is 1190. The van der Waals surface area contributed by atoms with Gasteiger partial charge in [-0.1, -0.05) is 40.5 Å². The lowest BCUT2D eigenvalue weighted by Gasteiger charge is -2.11. The van der Waals surface area contributed by atoms with Gasteiger partial charge in [0.1, 0.15) is 11.6 Å². The molecule has 0 saturated heterocycles. The summed E-state index contributed by atoms with van der Waals surface area (Å²) in [5, 5.41) is 12.2. The minimum atomic E-state index is -0.790. The highest BCUT2D eigenvalue weighted by Gasteiger charge is 2.30. The number of hydrogen-bond acceptors (Lipinski definition) is 5. The number of nitrogens with one attached hydrogen (secondary N) is 1. The molecule has 1 unspecified atom stereocenters. The van der Waals surface area contributed by atoms with E-state index in [9.17, 15) is 9.18 Å². The van der Waals surface area contributed by atoms with Crippen molar-refractivity contribution in [3.63, 3.8) is 0 Å². The van der Waals surface area contributed by atoms with Gasteiger partial charge in [-0.2, -0.15) is 5.10 Å². The molecule has 0 bridgehead atoms. The second-order valence-electron chi connectivity index (χ2n) is 7.23. The van der Waals surface area contributed by atoms with Gasteiger partial charge < -0.3 is 14.9 Å². The predicted molar refractivity (Wildman–Crippen MR) is 120 cm³/mol. The normalized spacial score (nSPS) is 15.3. The predicted octanol–water partition coefficient (Wildman–Crippen LogP) is 5.11. The topological polar surface area (TPSA) is 77.7 Å². The Balaban J connectivity index is 1.40. The lowest BCUT2D eigenvalue weighted by atomic mass is 10.0. The van der Waals surface area contributed by atoms with Gasteiger partial charge in [-0.3, -0.25) is 4.79 Å². The Hall–Kier alpha value is -3.10. The van der Waals surface area contributed by atoms with Crippen molar-refractivity contribution in [2.24, 2.45) is 5.16 Å². The van der Waals surface area contributed by atoms with Crippen LogP contribution in [0.15, 0.2) is 47.6 Å². The van der Waals surface area contributed by atoms with E-state index in [1.165, 1.54) is 12.1 Å². The van der Waals surface area contributed by atoms with Crippen molar-refractivity contribution in [3.05, 3.63) is 75.3 Å². The summed E-state index contributed by atoms with van der Waals surface area (Å²) in [6.07, 6.45) is -0.511. The summed E-state index contributed by atoms with van der Waals surface area (Å²) in [4.78, 5) is 18.1. The first-order chi connectivity index (χ1) is 15.3. The van der Waals surface area contributed by atoms with Gasteiger partial charge in [0.2, 0.25) is 6.10 Å². The summed E-state index contributed by atoms with van der Waals surface area (Å²) < 4.78 is 20.5. The first kappa shape index (κ1) is 22.1. The van der Waals surface area contributed by atoms with Crippen LogP contribution in [0.2, 0.25) is 10.0 Å². The maximum Gasteiger partial charge on any atom is 0.268 e. The Kier molecular flexibility index (Phi) is 6.34. The lowest BCUT2D eigenvalue weighted by molar-refractivity contribution is -0.125. The second-order valence-corrected chi connectivity index (χ2v) is 8.07. The number of oxime groups is 1. The molecule has 0 fully saturated rings. The van der Waals surface area contributed by atoms with Crippen LogP contribution in [0.4, 0.5) is 10.1 Å². The molecule has 4 rings (SSSR count). The van der Waals surface area contributed by atoms with Crippen LogP contribution in [0.25, 0.3) is 0 Å². The molecule has 2 aromatic carbocycles. The number of aromatic nitrogens is 2. The third-order valence-electron chi connectivity index (χ3n) is 5.00. The maximum absolute atomic E-state index is 13.1. The van der Waals surface area contributed by atoms with Gasteiger partial charge in [-0.25, -0.2) is 9.07 Å². The van der Waals surface area contributed by atoms with Crippen LogP contribution in [0.3, 0.4) is 0 Å². The molecule has 0 spiro atoms. The molecule has 0 saturated carbocycles. The van der Waals surface area contributed by atoms with E-state index >= 15 is 0 Å². The molecule has 1 atom stereocenters. The number of anilines is 1. The van der Waals surface area contributed by atoms with E-state index in [0.29, 0.717) is 44.1 Å². The smallest absolute Gasteiger partial charge is 0.268 e. The zero-order chi connectivity index (χ0) is 22.8. The summed E-state index contributed by atoms with van der Waals surface area (Å²) >= 11 is 12.0. The van der Waals surface area contributed by atoms with Crippen LogP contribution in [0.1, 0.15) is 23.4 Å². The molecular formula is C22H19Cl2FN4O3. The average Bonchev–Trinajstić information content (AvgIpc) is 3.35. The zero-order valence-electron chi connectivity index (χ0n) is 17.2. The summed E-state index contributed by atoms with van der Waals surface area (Å²) in [5.41, 5.74) is 3.19. The highest BCUT2D eigenvalue weighted by molar-refractivity contribution is 6.35.